The second-order valence-corrected chi connectivity index (χ2v) is 11.1. The zero-order valence-corrected chi connectivity index (χ0v) is 25.2. The van der Waals surface area contributed by atoms with Crippen molar-refractivity contribution >= 4 is 50.3 Å². The number of pyridine rings is 1. The molecule has 3 heterocycles. The number of thiazole rings is 1. The molecule has 3 aromatic heterocycles. The van der Waals surface area contributed by atoms with Gasteiger partial charge in [0.2, 0.25) is 5.88 Å². The van der Waals surface area contributed by atoms with Crippen LogP contribution in [0.4, 0.5) is 14.9 Å². The number of anilines is 1. The van der Waals surface area contributed by atoms with Gasteiger partial charge in [0.15, 0.2) is 11.6 Å². The zero-order valence-electron chi connectivity index (χ0n) is 24.3. The van der Waals surface area contributed by atoms with E-state index in [2.05, 4.69) is 25.3 Å². The predicted molar refractivity (Wildman–Crippen MR) is 161 cm³/mol. The molecular weight excluding hydrogens is 575 g/mol. The summed E-state index contributed by atoms with van der Waals surface area (Å²) in [4.78, 5) is 43.6. The van der Waals surface area contributed by atoms with E-state index in [4.69, 9.17) is 14.2 Å². The van der Waals surface area contributed by atoms with Crippen molar-refractivity contribution in [1.82, 2.24) is 24.8 Å². The van der Waals surface area contributed by atoms with Crippen molar-refractivity contribution in [2.24, 2.45) is 0 Å². The van der Waals surface area contributed by atoms with Gasteiger partial charge in [0.1, 0.15) is 22.9 Å². The van der Waals surface area contributed by atoms with E-state index in [1.165, 1.54) is 41.7 Å². The first kappa shape index (κ1) is 29.6. The van der Waals surface area contributed by atoms with Crippen LogP contribution in [0.5, 0.6) is 11.6 Å². The molecule has 5 aromatic rings. The van der Waals surface area contributed by atoms with Gasteiger partial charge in [-0.15, -0.1) is 11.3 Å². The lowest BCUT2D eigenvalue weighted by Crippen LogP contribution is -2.32. The van der Waals surface area contributed by atoms with E-state index in [1.807, 2.05) is 19.1 Å². The molecule has 43 heavy (non-hydrogen) atoms. The molecule has 2 atom stereocenters. The normalized spacial score (nSPS) is 12.5. The Kier molecular flexibility index (Phi) is 8.35. The van der Waals surface area contributed by atoms with E-state index in [0.717, 1.165) is 11.1 Å². The molecule has 0 spiro atoms. The average Bonchev–Trinajstić information content (AvgIpc) is 3.38. The van der Waals surface area contributed by atoms with Gasteiger partial charge in [-0.25, -0.2) is 29.1 Å². The predicted octanol–water partition coefficient (Wildman–Crippen LogP) is 5.86. The van der Waals surface area contributed by atoms with Gasteiger partial charge >= 0.3 is 6.09 Å². The van der Waals surface area contributed by atoms with Gasteiger partial charge in [-0.1, -0.05) is 0 Å². The number of rotatable bonds is 8. The maximum absolute atomic E-state index is 15.1. The van der Waals surface area contributed by atoms with E-state index in [1.54, 1.807) is 46.3 Å². The summed E-state index contributed by atoms with van der Waals surface area (Å²) in [6, 6.07) is 9.84. The zero-order chi connectivity index (χ0) is 30.8. The summed E-state index contributed by atoms with van der Waals surface area (Å²) in [7, 11) is 4.78. The Morgan fingerprint density at radius 3 is 2.49 bits per heavy atom. The molecule has 0 saturated carbocycles. The molecule has 0 fully saturated rings. The summed E-state index contributed by atoms with van der Waals surface area (Å²) in [6.07, 6.45) is 0.745. The van der Waals surface area contributed by atoms with E-state index in [-0.39, 0.29) is 17.4 Å². The summed E-state index contributed by atoms with van der Waals surface area (Å²) >= 11 is 1.38. The van der Waals surface area contributed by atoms with Gasteiger partial charge in [0.25, 0.3) is 5.91 Å². The number of halogens is 1. The molecular formula is C30H29FN6O5S. The molecule has 0 bridgehead atoms. The van der Waals surface area contributed by atoms with Crippen molar-refractivity contribution in [2.75, 3.05) is 26.5 Å². The van der Waals surface area contributed by atoms with Crippen molar-refractivity contribution in [3.63, 3.8) is 0 Å². The first-order valence-corrected chi connectivity index (χ1v) is 14.1. The lowest BCUT2D eigenvalue weighted by Gasteiger charge is -2.22. The average molecular weight is 605 g/mol. The van der Waals surface area contributed by atoms with Gasteiger partial charge in [0, 0.05) is 31.8 Å². The SMILES string of the molecule is COc1cnc2c(-c3nc4cc(F)c(O[C@@H](C)[C@@H](C)OC(=O)Nc5ccc(C(=O)N(C)C)nc5)cc4s3)cc(C)cc2n1. The molecule has 0 unspecified atom stereocenters. The number of amides is 2. The first-order chi connectivity index (χ1) is 20.5. The number of hydrogen-bond acceptors (Lipinski definition) is 10. The van der Waals surface area contributed by atoms with Crippen LogP contribution in [0, 0.1) is 12.7 Å². The minimum Gasteiger partial charge on any atom is -0.484 e. The van der Waals surface area contributed by atoms with Crippen molar-refractivity contribution in [3.8, 4) is 22.2 Å². The third kappa shape index (κ3) is 6.46. The summed E-state index contributed by atoms with van der Waals surface area (Å²) in [6.45, 7) is 5.27. The standard InChI is InChI=1S/C30H29FN6O5S/c1-15-9-19(27-23(10-15)35-26(40-6)14-33-27)28-36-22-11-20(31)24(12-25(22)43-28)41-16(2)17(3)42-30(39)34-18-7-8-21(32-13-18)29(38)37(4)5/h7-14,16-17H,1-6H3,(H,34,39)/t16-,17+/m0/s1. The Bertz CT molecular complexity index is 1830. The van der Waals surface area contributed by atoms with Crippen molar-refractivity contribution in [2.45, 2.75) is 33.0 Å². The molecule has 11 nitrogen and oxygen atoms in total. The molecule has 0 saturated heterocycles. The molecule has 222 valence electrons. The Morgan fingerprint density at radius 2 is 1.79 bits per heavy atom. The number of hydrogen-bond donors (Lipinski definition) is 1. The maximum Gasteiger partial charge on any atom is 0.412 e. The molecule has 0 aliphatic heterocycles. The molecule has 13 heteroatoms. The Balaban J connectivity index is 1.28. The lowest BCUT2D eigenvalue weighted by molar-refractivity contribution is 0.0402. The highest BCUT2D eigenvalue weighted by Gasteiger charge is 2.22. The van der Waals surface area contributed by atoms with Crippen LogP contribution in [-0.2, 0) is 4.74 Å². The largest absolute Gasteiger partial charge is 0.484 e. The number of nitrogens with one attached hydrogen (secondary N) is 1. The Hall–Kier alpha value is -4.91. The van der Waals surface area contributed by atoms with Crippen LogP contribution in [0.15, 0.2) is 48.8 Å². The quantitative estimate of drug-likeness (QED) is 0.231. The smallest absolute Gasteiger partial charge is 0.412 e. The van der Waals surface area contributed by atoms with E-state index in [0.29, 0.717) is 37.8 Å². The number of carbonyl (C=O) groups excluding carboxylic acids is 2. The summed E-state index contributed by atoms with van der Waals surface area (Å²) in [5.41, 5.74) is 4.16. The second-order valence-electron chi connectivity index (χ2n) is 10.1. The van der Waals surface area contributed by atoms with Crippen molar-refractivity contribution < 1.29 is 28.2 Å². The monoisotopic (exact) mass is 604 g/mol. The third-order valence-electron chi connectivity index (χ3n) is 6.55. The third-order valence-corrected chi connectivity index (χ3v) is 7.60. The van der Waals surface area contributed by atoms with Crippen molar-refractivity contribution in [1.29, 1.82) is 0 Å². The number of ether oxygens (including phenoxy) is 3. The fourth-order valence-electron chi connectivity index (χ4n) is 4.18. The highest BCUT2D eigenvalue weighted by molar-refractivity contribution is 7.21. The molecule has 0 aliphatic carbocycles. The second kappa shape index (κ2) is 12.1. The number of fused-ring (bicyclic) bond motifs is 2. The molecule has 1 N–H and O–H groups in total. The number of methoxy groups -OCH3 is 1. The molecule has 5 rings (SSSR count). The highest BCUT2D eigenvalue weighted by Crippen LogP contribution is 2.37. The number of benzene rings is 2. The molecule has 0 aliphatic rings. The van der Waals surface area contributed by atoms with E-state index in [9.17, 15) is 9.59 Å². The van der Waals surface area contributed by atoms with E-state index < -0.39 is 24.1 Å². The summed E-state index contributed by atoms with van der Waals surface area (Å²) in [5, 5.41) is 3.22. The number of aromatic nitrogens is 4. The van der Waals surface area contributed by atoms with Crippen LogP contribution >= 0.6 is 11.3 Å². The van der Waals surface area contributed by atoms with Gasteiger partial charge in [0.05, 0.1) is 46.4 Å². The first-order valence-electron chi connectivity index (χ1n) is 13.3. The highest BCUT2D eigenvalue weighted by atomic mass is 32.1. The molecule has 2 aromatic carbocycles. The Labute approximate surface area is 250 Å². The van der Waals surface area contributed by atoms with Crippen LogP contribution < -0.4 is 14.8 Å². The number of carbonyl (C=O) groups is 2. The van der Waals surface area contributed by atoms with Crippen LogP contribution in [0.1, 0.15) is 29.9 Å². The van der Waals surface area contributed by atoms with Gasteiger partial charge in [-0.05, 0) is 50.6 Å². The summed E-state index contributed by atoms with van der Waals surface area (Å²) < 4.78 is 32.3. The van der Waals surface area contributed by atoms with Crippen LogP contribution in [0.25, 0.3) is 31.8 Å². The topological polar surface area (TPSA) is 129 Å². The van der Waals surface area contributed by atoms with E-state index >= 15 is 4.39 Å². The number of aryl methyl sites for hydroxylation is 1. The maximum atomic E-state index is 15.1. The fraction of sp³-hybridized carbons (Fsp3) is 0.267. The van der Waals surface area contributed by atoms with Gasteiger partial charge < -0.3 is 19.1 Å². The van der Waals surface area contributed by atoms with Gasteiger partial charge in [-0.3, -0.25) is 10.1 Å². The minimum absolute atomic E-state index is 0.00929. The van der Waals surface area contributed by atoms with Crippen LogP contribution in [0.2, 0.25) is 0 Å². The summed E-state index contributed by atoms with van der Waals surface area (Å²) in [5.74, 6) is -0.432. The fourth-order valence-corrected chi connectivity index (χ4v) is 5.17. The number of nitrogens with zero attached hydrogens (tertiary/aromatic N) is 5. The minimum atomic E-state index is -0.745. The van der Waals surface area contributed by atoms with Crippen molar-refractivity contribution in [3.05, 3.63) is 65.9 Å². The lowest BCUT2D eigenvalue weighted by atomic mass is 10.1. The Morgan fingerprint density at radius 1 is 1.00 bits per heavy atom. The molecule has 0 radical (unpaired) electrons. The van der Waals surface area contributed by atoms with Crippen LogP contribution in [-0.4, -0.2) is 70.2 Å². The van der Waals surface area contributed by atoms with Gasteiger partial charge in [-0.2, -0.15) is 0 Å². The van der Waals surface area contributed by atoms with Crippen LogP contribution in [0.3, 0.4) is 0 Å². The molecule has 2 amide bonds.